The van der Waals surface area contributed by atoms with Crippen molar-refractivity contribution in [1.29, 1.82) is 5.26 Å². The Balaban J connectivity index is 1.67. The fourth-order valence-corrected chi connectivity index (χ4v) is 3.79. The number of piperidine rings is 1. The van der Waals surface area contributed by atoms with Crippen LogP contribution in [-0.2, 0) is 0 Å². The highest BCUT2D eigenvalue weighted by Gasteiger charge is 2.34. The van der Waals surface area contributed by atoms with Crippen molar-refractivity contribution in [2.45, 2.75) is 50.6 Å². The molecule has 1 saturated heterocycles. The number of nitriles is 1. The molecule has 3 heteroatoms. The van der Waals surface area contributed by atoms with Gasteiger partial charge in [-0.05, 0) is 56.3 Å². The Labute approximate surface area is 121 Å². The number of rotatable bonds is 3. The Hall–Kier alpha value is -1.53. The average molecular weight is 269 g/mol. The molecule has 20 heavy (non-hydrogen) atoms. The van der Waals surface area contributed by atoms with Gasteiger partial charge in [-0.1, -0.05) is 18.9 Å². The van der Waals surface area contributed by atoms with Crippen molar-refractivity contribution in [2.75, 3.05) is 11.9 Å². The van der Waals surface area contributed by atoms with Crippen LogP contribution in [0, 0.1) is 17.2 Å². The highest BCUT2D eigenvalue weighted by Crippen LogP contribution is 2.33. The minimum Gasteiger partial charge on any atom is -0.382 e. The summed E-state index contributed by atoms with van der Waals surface area (Å²) >= 11 is 0. The molecule has 2 aliphatic rings. The summed E-state index contributed by atoms with van der Waals surface area (Å²) in [5, 5.41) is 16.4. The molecular weight excluding hydrogens is 246 g/mol. The summed E-state index contributed by atoms with van der Waals surface area (Å²) in [5.41, 5.74) is 1.83. The summed E-state index contributed by atoms with van der Waals surface area (Å²) < 4.78 is 0. The van der Waals surface area contributed by atoms with Crippen LogP contribution in [0.5, 0.6) is 0 Å². The molecule has 1 saturated carbocycles. The molecule has 1 heterocycles. The summed E-state index contributed by atoms with van der Waals surface area (Å²) in [5.74, 6) is 0.737. The van der Waals surface area contributed by atoms with Crippen molar-refractivity contribution in [3.8, 4) is 6.07 Å². The van der Waals surface area contributed by atoms with Gasteiger partial charge in [0.1, 0.15) is 0 Å². The van der Waals surface area contributed by atoms with Gasteiger partial charge in [-0.2, -0.15) is 5.26 Å². The van der Waals surface area contributed by atoms with E-state index in [0.717, 1.165) is 17.2 Å². The highest BCUT2D eigenvalue weighted by molar-refractivity contribution is 5.50. The SMILES string of the molecule is N#Cc1cccc(NC2CCCC2C2CCCCN2)c1. The molecule has 3 rings (SSSR count). The minimum absolute atomic E-state index is 0.555. The lowest BCUT2D eigenvalue weighted by Gasteiger charge is -2.33. The molecule has 1 aromatic rings. The quantitative estimate of drug-likeness (QED) is 0.885. The first-order valence-electron chi connectivity index (χ1n) is 7.87. The van der Waals surface area contributed by atoms with Crippen molar-refractivity contribution < 1.29 is 0 Å². The summed E-state index contributed by atoms with van der Waals surface area (Å²) in [6, 6.07) is 11.3. The van der Waals surface area contributed by atoms with Crippen molar-refractivity contribution in [3.05, 3.63) is 29.8 Å². The number of anilines is 1. The van der Waals surface area contributed by atoms with Gasteiger partial charge in [0.05, 0.1) is 11.6 Å². The molecule has 3 nitrogen and oxygen atoms in total. The van der Waals surface area contributed by atoms with Gasteiger partial charge >= 0.3 is 0 Å². The molecule has 2 fully saturated rings. The molecule has 0 amide bonds. The second-order valence-electron chi connectivity index (χ2n) is 6.09. The molecule has 0 aromatic heterocycles. The van der Waals surface area contributed by atoms with Crippen LogP contribution in [0.3, 0.4) is 0 Å². The van der Waals surface area contributed by atoms with Crippen LogP contribution >= 0.6 is 0 Å². The lowest BCUT2D eigenvalue weighted by atomic mass is 9.88. The molecule has 3 unspecified atom stereocenters. The Kier molecular flexibility index (Phi) is 4.22. The number of benzene rings is 1. The largest absolute Gasteiger partial charge is 0.382 e. The lowest BCUT2D eigenvalue weighted by Crippen LogP contribution is -2.44. The maximum absolute atomic E-state index is 8.99. The second-order valence-corrected chi connectivity index (χ2v) is 6.09. The van der Waals surface area contributed by atoms with E-state index in [2.05, 4.69) is 22.8 Å². The van der Waals surface area contributed by atoms with Gasteiger partial charge in [-0.25, -0.2) is 0 Å². The number of hydrogen-bond donors (Lipinski definition) is 2. The molecule has 3 atom stereocenters. The van der Waals surface area contributed by atoms with Crippen LogP contribution in [0.15, 0.2) is 24.3 Å². The predicted molar refractivity (Wildman–Crippen MR) is 81.6 cm³/mol. The third-order valence-corrected chi connectivity index (χ3v) is 4.78. The van der Waals surface area contributed by atoms with Crippen LogP contribution in [0.2, 0.25) is 0 Å². The van der Waals surface area contributed by atoms with Gasteiger partial charge in [0.25, 0.3) is 0 Å². The van der Waals surface area contributed by atoms with Gasteiger partial charge in [0.15, 0.2) is 0 Å². The first-order chi connectivity index (χ1) is 9.86. The van der Waals surface area contributed by atoms with E-state index in [1.807, 2.05) is 18.2 Å². The van der Waals surface area contributed by atoms with Crippen molar-refractivity contribution in [2.24, 2.45) is 5.92 Å². The fraction of sp³-hybridized carbons (Fsp3) is 0.588. The molecule has 0 bridgehead atoms. The Morgan fingerprint density at radius 1 is 1.15 bits per heavy atom. The third-order valence-electron chi connectivity index (χ3n) is 4.78. The van der Waals surface area contributed by atoms with Crippen molar-refractivity contribution in [3.63, 3.8) is 0 Å². The van der Waals surface area contributed by atoms with Crippen LogP contribution in [0.1, 0.15) is 44.1 Å². The van der Waals surface area contributed by atoms with Gasteiger partial charge in [-0.15, -0.1) is 0 Å². The molecule has 1 aliphatic heterocycles. The molecule has 0 radical (unpaired) electrons. The first-order valence-corrected chi connectivity index (χ1v) is 7.87. The number of hydrogen-bond acceptors (Lipinski definition) is 3. The third kappa shape index (κ3) is 2.96. The molecule has 1 aliphatic carbocycles. The lowest BCUT2D eigenvalue weighted by molar-refractivity contribution is 0.286. The maximum atomic E-state index is 8.99. The number of nitrogens with one attached hydrogen (secondary N) is 2. The predicted octanol–water partition coefficient (Wildman–Crippen LogP) is 3.28. The van der Waals surface area contributed by atoms with Crippen LogP contribution in [0.25, 0.3) is 0 Å². The maximum Gasteiger partial charge on any atom is 0.0992 e. The van der Waals surface area contributed by atoms with Crippen LogP contribution < -0.4 is 10.6 Å². The number of nitrogens with zero attached hydrogens (tertiary/aromatic N) is 1. The van der Waals surface area contributed by atoms with Gasteiger partial charge in [0.2, 0.25) is 0 Å². The zero-order valence-electron chi connectivity index (χ0n) is 11.9. The highest BCUT2D eigenvalue weighted by atomic mass is 15.0. The molecule has 1 aromatic carbocycles. The van der Waals surface area contributed by atoms with E-state index < -0.39 is 0 Å². The average Bonchev–Trinajstić information content (AvgIpc) is 2.96. The first kappa shape index (κ1) is 13.5. The van der Waals surface area contributed by atoms with Crippen molar-refractivity contribution in [1.82, 2.24) is 5.32 Å². The second kappa shape index (κ2) is 6.28. The van der Waals surface area contributed by atoms with E-state index >= 15 is 0 Å². The van der Waals surface area contributed by atoms with Crippen LogP contribution in [-0.4, -0.2) is 18.6 Å². The van der Waals surface area contributed by atoms with Gasteiger partial charge in [0, 0.05) is 17.8 Å². The van der Waals surface area contributed by atoms with E-state index in [4.69, 9.17) is 5.26 Å². The molecule has 0 spiro atoms. The zero-order valence-corrected chi connectivity index (χ0v) is 11.9. The standard InChI is InChI=1S/C17H23N3/c18-12-13-5-3-6-14(11-13)20-17-9-4-7-15(17)16-8-1-2-10-19-16/h3,5-6,11,15-17,19-20H,1-2,4,7-10H2. The van der Waals surface area contributed by atoms with Crippen LogP contribution in [0.4, 0.5) is 5.69 Å². The Morgan fingerprint density at radius 2 is 2.10 bits per heavy atom. The summed E-state index contributed by atoms with van der Waals surface area (Å²) in [7, 11) is 0. The zero-order chi connectivity index (χ0) is 13.8. The summed E-state index contributed by atoms with van der Waals surface area (Å²) in [4.78, 5) is 0. The van der Waals surface area contributed by atoms with E-state index in [-0.39, 0.29) is 0 Å². The molecule has 106 valence electrons. The topological polar surface area (TPSA) is 47.9 Å². The normalized spacial score (nSPS) is 29.9. The fourth-order valence-electron chi connectivity index (χ4n) is 3.79. The van der Waals surface area contributed by atoms with E-state index in [9.17, 15) is 0 Å². The summed E-state index contributed by atoms with van der Waals surface area (Å²) in [6.45, 7) is 1.18. The minimum atomic E-state index is 0.555. The van der Waals surface area contributed by atoms with E-state index in [0.29, 0.717) is 12.1 Å². The molecular formula is C17H23N3. The Bertz CT molecular complexity index is 485. The van der Waals surface area contributed by atoms with E-state index in [1.165, 1.54) is 45.1 Å². The van der Waals surface area contributed by atoms with E-state index in [1.54, 1.807) is 0 Å². The summed E-state index contributed by atoms with van der Waals surface area (Å²) in [6.07, 6.45) is 7.91. The van der Waals surface area contributed by atoms with Gasteiger partial charge < -0.3 is 10.6 Å². The monoisotopic (exact) mass is 269 g/mol. The van der Waals surface area contributed by atoms with Gasteiger partial charge in [-0.3, -0.25) is 0 Å². The van der Waals surface area contributed by atoms with Crippen molar-refractivity contribution >= 4 is 5.69 Å². The molecule has 2 N–H and O–H groups in total. The Morgan fingerprint density at radius 3 is 2.90 bits per heavy atom. The smallest absolute Gasteiger partial charge is 0.0992 e.